The number of benzene rings is 2. The third-order valence-electron chi connectivity index (χ3n) is 4.67. The maximum Gasteiger partial charge on any atom is 0.260 e. The van der Waals surface area contributed by atoms with Crippen LogP contribution in [0.2, 0.25) is 0 Å². The van der Waals surface area contributed by atoms with Crippen LogP contribution in [0.3, 0.4) is 0 Å². The Kier molecular flexibility index (Phi) is 4.88. The summed E-state index contributed by atoms with van der Waals surface area (Å²) in [5, 5.41) is 0.657. The molecule has 6 heteroatoms. The topological polar surface area (TPSA) is 64.2 Å². The van der Waals surface area contributed by atoms with Gasteiger partial charge in [0.05, 0.1) is 19.6 Å². The summed E-state index contributed by atoms with van der Waals surface area (Å²) in [6, 6.07) is 15.7. The molecule has 4 aromatic rings. The number of hydrogen-bond donors (Lipinski definition) is 1. The number of H-pyrrole nitrogens is 1. The van der Waals surface area contributed by atoms with E-state index in [1.807, 2.05) is 55.5 Å². The molecule has 0 aliphatic heterocycles. The zero-order chi connectivity index (χ0) is 19.7. The predicted molar refractivity (Wildman–Crippen MR) is 113 cm³/mol. The van der Waals surface area contributed by atoms with E-state index in [0.717, 1.165) is 26.4 Å². The van der Waals surface area contributed by atoms with Gasteiger partial charge in [0, 0.05) is 16.9 Å². The van der Waals surface area contributed by atoms with Gasteiger partial charge in [0.25, 0.3) is 5.56 Å². The highest BCUT2D eigenvalue weighted by molar-refractivity contribution is 7.19. The minimum atomic E-state index is -0.108. The van der Waals surface area contributed by atoms with Crippen molar-refractivity contribution < 1.29 is 9.47 Å². The Bertz CT molecular complexity index is 1200. The first kappa shape index (κ1) is 18.3. The molecule has 0 fully saturated rings. The van der Waals surface area contributed by atoms with Crippen LogP contribution in [0, 0.1) is 6.92 Å². The summed E-state index contributed by atoms with van der Waals surface area (Å²) >= 11 is 1.55. The Morgan fingerprint density at radius 2 is 1.79 bits per heavy atom. The molecule has 4 rings (SSSR count). The summed E-state index contributed by atoms with van der Waals surface area (Å²) in [5.41, 5.74) is 2.87. The van der Waals surface area contributed by atoms with Crippen molar-refractivity contribution >= 4 is 21.6 Å². The predicted octanol–water partition coefficient (Wildman–Crippen LogP) is 4.57. The van der Waals surface area contributed by atoms with Gasteiger partial charge < -0.3 is 14.5 Å². The van der Waals surface area contributed by atoms with Gasteiger partial charge in [0.2, 0.25) is 0 Å². The largest absolute Gasteiger partial charge is 0.493 e. The summed E-state index contributed by atoms with van der Waals surface area (Å²) in [6.07, 6.45) is 0.503. The highest BCUT2D eigenvalue weighted by atomic mass is 32.1. The summed E-state index contributed by atoms with van der Waals surface area (Å²) in [4.78, 5) is 22.4. The van der Waals surface area contributed by atoms with Gasteiger partial charge in [-0.2, -0.15) is 0 Å². The second-order valence-electron chi connectivity index (χ2n) is 6.46. The molecule has 0 bridgehead atoms. The fourth-order valence-corrected chi connectivity index (χ4v) is 4.45. The number of aromatic amines is 1. The monoisotopic (exact) mass is 392 g/mol. The second kappa shape index (κ2) is 7.48. The highest BCUT2D eigenvalue weighted by Crippen LogP contribution is 2.35. The van der Waals surface area contributed by atoms with Crippen LogP contribution in [0.4, 0.5) is 0 Å². The van der Waals surface area contributed by atoms with Crippen molar-refractivity contribution in [1.29, 1.82) is 0 Å². The molecule has 0 amide bonds. The average Bonchev–Trinajstić information content (AvgIpc) is 3.04. The number of rotatable bonds is 5. The molecule has 0 unspecified atom stereocenters. The SMILES string of the molecule is COc1ccc(Cc2nc3sc(C)c(-c4ccccc4)c3c(=O)[nH]2)cc1OC. The quantitative estimate of drug-likeness (QED) is 0.540. The molecule has 142 valence electrons. The Morgan fingerprint density at radius 1 is 1.04 bits per heavy atom. The fourth-order valence-electron chi connectivity index (χ4n) is 3.38. The first-order chi connectivity index (χ1) is 13.6. The van der Waals surface area contributed by atoms with E-state index < -0.39 is 0 Å². The van der Waals surface area contributed by atoms with Gasteiger partial charge in [-0.05, 0) is 30.2 Å². The number of aryl methyl sites for hydroxylation is 1. The first-order valence-corrected chi connectivity index (χ1v) is 9.71. The van der Waals surface area contributed by atoms with E-state index in [0.29, 0.717) is 29.1 Å². The lowest BCUT2D eigenvalue weighted by molar-refractivity contribution is 0.354. The van der Waals surface area contributed by atoms with Crippen LogP contribution in [0.15, 0.2) is 53.3 Å². The number of nitrogens with one attached hydrogen (secondary N) is 1. The lowest BCUT2D eigenvalue weighted by atomic mass is 10.0. The van der Waals surface area contributed by atoms with E-state index in [-0.39, 0.29) is 5.56 Å². The van der Waals surface area contributed by atoms with Gasteiger partial charge in [-0.3, -0.25) is 4.79 Å². The molecule has 0 aliphatic rings. The highest BCUT2D eigenvalue weighted by Gasteiger charge is 2.17. The minimum absolute atomic E-state index is 0.108. The van der Waals surface area contributed by atoms with Gasteiger partial charge in [-0.25, -0.2) is 4.98 Å². The van der Waals surface area contributed by atoms with Crippen LogP contribution in [-0.2, 0) is 6.42 Å². The maximum atomic E-state index is 12.9. The van der Waals surface area contributed by atoms with Crippen LogP contribution >= 0.6 is 11.3 Å². The standard InChI is InChI=1S/C22H20N2O3S/c1-13-19(15-7-5-4-6-8-15)20-21(25)23-18(24-22(20)28-13)12-14-9-10-16(26-2)17(11-14)27-3/h4-11H,12H2,1-3H3,(H,23,24,25). The van der Waals surface area contributed by atoms with Crippen molar-refractivity contribution in [2.45, 2.75) is 13.3 Å². The molecule has 0 spiro atoms. The summed E-state index contributed by atoms with van der Waals surface area (Å²) < 4.78 is 10.6. The normalized spacial score (nSPS) is 11.0. The van der Waals surface area contributed by atoms with Gasteiger partial charge >= 0.3 is 0 Å². The molecule has 5 nitrogen and oxygen atoms in total. The summed E-state index contributed by atoms with van der Waals surface area (Å²) in [7, 11) is 3.21. The van der Waals surface area contributed by atoms with Crippen LogP contribution < -0.4 is 15.0 Å². The molecular formula is C22H20N2O3S. The van der Waals surface area contributed by atoms with Crippen molar-refractivity contribution in [2.75, 3.05) is 14.2 Å². The van der Waals surface area contributed by atoms with Crippen molar-refractivity contribution in [3.63, 3.8) is 0 Å². The Morgan fingerprint density at radius 3 is 2.50 bits per heavy atom. The number of ether oxygens (including phenoxy) is 2. The molecule has 2 heterocycles. The number of thiophene rings is 1. The molecule has 0 saturated heterocycles. The van der Waals surface area contributed by atoms with E-state index in [1.54, 1.807) is 25.6 Å². The Labute approximate surface area is 166 Å². The number of fused-ring (bicyclic) bond motifs is 1. The molecule has 28 heavy (non-hydrogen) atoms. The number of nitrogens with zero attached hydrogens (tertiary/aromatic N) is 1. The van der Waals surface area contributed by atoms with Crippen molar-refractivity contribution in [1.82, 2.24) is 9.97 Å². The number of aromatic nitrogens is 2. The zero-order valence-corrected chi connectivity index (χ0v) is 16.7. The fraction of sp³-hybridized carbons (Fsp3) is 0.182. The molecule has 2 aromatic carbocycles. The van der Waals surface area contributed by atoms with Gasteiger partial charge in [-0.1, -0.05) is 36.4 Å². The first-order valence-electron chi connectivity index (χ1n) is 8.89. The molecule has 2 aromatic heterocycles. The molecular weight excluding hydrogens is 372 g/mol. The van der Waals surface area contributed by atoms with Crippen LogP contribution in [0.1, 0.15) is 16.3 Å². The molecule has 0 aliphatic carbocycles. The third kappa shape index (κ3) is 3.27. The van der Waals surface area contributed by atoms with E-state index in [2.05, 4.69) is 4.98 Å². The van der Waals surface area contributed by atoms with Crippen LogP contribution in [0.25, 0.3) is 21.3 Å². The molecule has 1 N–H and O–H groups in total. The maximum absolute atomic E-state index is 12.9. The third-order valence-corrected chi connectivity index (χ3v) is 5.67. The van der Waals surface area contributed by atoms with E-state index in [1.165, 1.54) is 0 Å². The van der Waals surface area contributed by atoms with Crippen molar-refractivity contribution in [2.24, 2.45) is 0 Å². The van der Waals surface area contributed by atoms with Crippen LogP contribution in [-0.4, -0.2) is 24.2 Å². The lowest BCUT2D eigenvalue weighted by Crippen LogP contribution is -2.11. The number of hydrogen-bond acceptors (Lipinski definition) is 5. The zero-order valence-electron chi connectivity index (χ0n) is 15.9. The van der Waals surface area contributed by atoms with Gasteiger partial charge in [0.15, 0.2) is 11.5 Å². The van der Waals surface area contributed by atoms with E-state index in [4.69, 9.17) is 14.5 Å². The summed E-state index contributed by atoms with van der Waals surface area (Å²) in [5.74, 6) is 1.96. The van der Waals surface area contributed by atoms with Crippen molar-refractivity contribution in [3.8, 4) is 22.6 Å². The van der Waals surface area contributed by atoms with Crippen LogP contribution in [0.5, 0.6) is 11.5 Å². The Hall–Kier alpha value is -3.12. The summed E-state index contributed by atoms with van der Waals surface area (Å²) in [6.45, 7) is 2.03. The van der Waals surface area contributed by atoms with Gasteiger partial charge in [0.1, 0.15) is 10.7 Å². The average molecular weight is 392 g/mol. The minimum Gasteiger partial charge on any atom is -0.493 e. The smallest absolute Gasteiger partial charge is 0.260 e. The molecule has 0 atom stereocenters. The van der Waals surface area contributed by atoms with E-state index in [9.17, 15) is 4.79 Å². The molecule has 0 radical (unpaired) electrons. The van der Waals surface area contributed by atoms with E-state index >= 15 is 0 Å². The number of methoxy groups -OCH3 is 2. The lowest BCUT2D eigenvalue weighted by Gasteiger charge is -2.09. The second-order valence-corrected chi connectivity index (χ2v) is 7.66. The Balaban J connectivity index is 1.76. The molecule has 0 saturated carbocycles. The van der Waals surface area contributed by atoms with Gasteiger partial charge in [-0.15, -0.1) is 11.3 Å². The van der Waals surface area contributed by atoms with Crippen molar-refractivity contribution in [3.05, 3.63) is 75.1 Å².